The van der Waals surface area contributed by atoms with E-state index in [4.69, 9.17) is 4.74 Å². The van der Waals surface area contributed by atoms with Crippen LogP contribution in [0.25, 0.3) is 0 Å². The first kappa shape index (κ1) is 17.6. The van der Waals surface area contributed by atoms with Crippen LogP contribution < -0.4 is 5.32 Å². The Kier molecular flexibility index (Phi) is 5.41. The molecule has 2 heterocycles. The fourth-order valence-electron chi connectivity index (χ4n) is 3.95. The Morgan fingerprint density at radius 2 is 1.82 bits per heavy atom. The lowest BCUT2D eigenvalue weighted by Gasteiger charge is -2.53. The van der Waals surface area contributed by atoms with Crippen LogP contribution in [0, 0.1) is 5.92 Å². The lowest BCUT2D eigenvalue weighted by atomic mass is 9.70. The molecular weight excluding hydrogens is 276 g/mol. The van der Waals surface area contributed by atoms with Crippen molar-refractivity contribution in [3.05, 3.63) is 0 Å². The SMILES string of the molecule is CCC1(C)CC(OC(=O)N2CCCCC2)C(C)C(C)(CC)N1. The van der Waals surface area contributed by atoms with E-state index >= 15 is 0 Å². The van der Waals surface area contributed by atoms with Gasteiger partial charge >= 0.3 is 6.09 Å². The minimum atomic E-state index is -0.102. The third-order valence-electron chi connectivity index (χ3n) is 6.18. The Morgan fingerprint density at radius 1 is 1.18 bits per heavy atom. The van der Waals surface area contributed by atoms with E-state index in [1.165, 1.54) is 6.42 Å². The molecule has 22 heavy (non-hydrogen) atoms. The first-order chi connectivity index (χ1) is 10.3. The van der Waals surface area contributed by atoms with Crippen molar-refractivity contribution in [2.24, 2.45) is 5.92 Å². The molecule has 2 aliphatic rings. The quantitative estimate of drug-likeness (QED) is 0.858. The number of hydrogen-bond acceptors (Lipinski definition) is 3. The van der Waals surface area contributed by atoms with Crippen molar-refractivity contribution in [1.82, 2.24) is 10.2 Å². The molecule has 128 valence electrons. The van der Waals surface area contributed by atoms with Gasteiger partial charge in [0.05, 0.1) is 0 Å². The maximum Gasteiger partial charge on any atom is 0.410 e. The van der Waals surface area contributed by atoms with E-state index in [9.17, 15) is 4.79 Å². The van der Waals surface area contributed by atoms with E-state index in [1.807, 2.05) is 4.90 Å². The zero-order chi connectivity index (χ0) is 16.4. The molecule has 0 saturated carbocycles. The fraction of sp³-hybridized carbons (Fsp3) is 0.944. The summed E-state index contributed by atoms with van der Waals surface area (Å²) in [4.78, 5) is 14.4. The summed E-state index contributed by atoms with van der Waals surface area (Å²) in [5.74, 6) is 0.325. The van der Waals surface area contributed by atoms with Crippen LogP contribution in [-0.2, 0) is 4.74 Å². The Hall–Kier alpha value is -0.770. The first-order valence-electron chi connectivity index (χ1n) is 9.08. The Labute approximate surface area is 136 Å². The number of hydrogen-bond donors (Lipinski definition) is 1. The fourth-order valence-corrected chi connectivity index (χ4v) is 3.95. The molecule has 4 atom stereocenters. The van der Waals surface area contributed by atoms with Crippen LogP contribution in [0.1, 0.15) is 73.1 Å². The monoisotopic (exact) mass is 310 g/mol. The largest absolute Gasteiger partial charge is 0.446 e. The van der Waals surface area contributed by atoms with Gasteiger partial charge in [0.15, 0.2) is 0 Å². The van der Waals surface area contributed by atoms with Crippen molar-refractivity contribution in [3.8, 4) is 0 Å². The molecule has 0 spiro atoms. The zero-order valence-electron chi connectivity index (χ0n) is 15.1. The van der Waals surface area contributed by atoms with Gasteiger partial charge in [0.25, 0.3) is 0 Å². The molecule has 2 rings (SSSR count). The average Bonchev–Trinajstić information content (AvgIpc) is 2.53. The summed E-state index contributed by atoms with van der Waals surface area (Å²) < 4.78 is 5.98. The van der Waals surface area contributed by atoms with Crippen molar-refractivity contribution >= 4 is 6.09 Å². The van der Waals surface area contributed by atoms with Crippen LogP contribution in [0.4, 0.5) is 4.79 Å². The van der Waals surface area contributed by atoms with Gasteiger partial charge in [-0.15, -0.1) is 0 Å². The van der Waals surface area contributed by atoms with Gasteiger partial charge in [-0.05, 0) is 46.0 Å². The minimum Gasteiger partial charge on any atom is -0.446 e. The molecule has 2 fully saturated rings. The number of ether oxygens (including phenoxy) is 1. The van der Waals surface area contributed by atoms with E-state index in [-0.39, 0.29) is 23.3 Å². The summed E-state index contributed by atoms with van der Waals surface area (Å²) in [6.45, 7) is 12.9. The predicted molar refractivity (Wildman–Crippen MR) is 90.0 cm³/mol. The van der Waals surface area contributed by atoms with E-state index in [0.29, 0.717) is 5.92 Å². The van der Waals surface area contributed by atoms with Gasteiger partial charge in [-0.2, -0.15) is 0 Å². The number of carbonyl (C=O) groups excluding carboxylic acids is 1. The molecule has 4 heteroatoms. The Bertz CT molecular complexity index is 395. The van der Waals surface area contributed by atoms with Crippen molar-refractivity contribution < 1.29 is 9.53 Å². The highest BCUT2D eigenvalue weighted by Gasteiger charge is 2.48. The van der Waals surface area contributed by atoms with Crippen LogP contribution >= 0.6 is 0 Å². The standard InChI is InChI=1S/C18H34N2O2/c1-6-17(4)13-15(14(3)18(5,7-2)19-17)22-16(21)20-11-9-8-10-12-20/h14-15,19H,6-13H2,1-5H3. The second-order valence-electron chi connectivity index (χ2n) is 7.77. The van der Waals surface area contributed by atoms with Crippen molar-refractivity contribution in [2.75, 3.05) is 13.1 Å². The topological polar surface area (TPSA) is 41.6 Å². The molecule has 0 aliphatic carbocycles. The zero-order valence-corrected chi connectivity index (χ0v) is 15.1. The summed E-state index contributed by atoms with van der Waals surface area (Å²) in [5, 5.41) is 3.83. The number of amides is 1. The Morgan fingerprint density at radius 3 is 2.36 bits per heavy atom. The summed E-state index contributed by atoms with van der Waals surface area (Å²) in [7, 11) is 0. The predicted octanol–water partition coefficient (Wildman–Crippen LogP) is 3.94. The number of carbonyl (C=O) groups is 1. The van der Waals surface area contributed by atoms with Gasteiger partial charge in [-0.3, -0.25) is 0 Å². The molecule has 0 aromatic rings. The third kappa shape index (κ3) is 3.58. The molecule has 0 bridgehead atoms. The number of rotatable bonds is 3. The minimum absolute atomic E-state index is 0.00516. The van der Waals surface area contributed by atoms with Crippen molar-refractivity contribution in [2.45, 2.75) is 90.3 Å². The summed E-state index contributed by atoms with van der Waals surface area (Å²) in [6, 6.07) is 0. The van der Waals surface area contributed by atoms with Crippen molar-refractivity contribution in [3.63, 3.8) is 0 Å². The average molecular weight is 310 g/mol. The van der Waals surface area contributed by atoms with Gasteiger partial charge < -0.3 is 15.0 Å². The molecule has 1 N–H and O–H groups in total. The van der Waals surface area contributed by atoms with Gasteiger partial charge in [-0.1, -0.05) is 20.8 Å². The lowest BCUT2D eigenvalue weighted by Crippen LogP contribution is -2.66. The van der Waals surface area contributed by atoms with Crippen LogP contribution in [0.2, 0.25) is 0 Å². The second-order valence-corrected chi connectivity index (χ2v) is 7.77. The van der Waals surface area contributed by atoms with E-state index in [0.717, 1.165) is 45.2 Å². The van der Waals surface area contributed by atoms with Gasteiger partial charge in [0.1, 0.15) is 6.10 Å². The van der Waals surface area contributed by atoms with E-state index in [1.54, 1.807) is 0 Å². The van der Waals surface area contributed by atoms with Crippen LogP contribution in [0.15, 0.2) is 0 Å². The maximum atomic E-state index is 12.5. The molecule has 2 aliphatic heterocycles. The highest BCUT2D eigenvalue weighted by atomic mass is 16.6. The van der Waals surface area contributed by atoms with E-state index in [2.05, 4.69) is 39.9 Å². The van der Waals surface area contributed by atoms with Gasteiger partial charge in [0.2, 0.25) is 0 Å². The first-order valence-corrected chi connectivity index (χ1v) is 9.08. The summed E-state index contributed by atoms with van der Waals surface area (Å²) in [5.41, 5.74) is 0.0694. The molecule has 0 radical (unpaired) electrons. The Balaban J connectivity index is 2.08. The van der Waals surface area contributed by atoms with Crippen LogP contribution in [0.5, 0.6) is 0 Å². The third-order valence-corrected chi connectivity index (χ3v) is 6.18. The molecule has 0 aromatic carbocycles. The summed E-state index contributed by atoms with van der Waals surface area (Å²) >= 11 is 0. The lowest BCUT2D eigenvalue weighted by molar-refractivity contribution is -0.0480. The molecular formula is C18H34N2O2. The highest BCUT2D eigenvalue weighted by molar-refractivity contribution is 5.68. The van der Waals surface area contributed by atoms with Gasteiger partial charge in [0, 0.05) is 36.5 Å². The van der Waals surface area contributed by atoms with Crippen LogP contribution in [0.3, 0.4) is 0 Å². The number of piperidine rings is 2. The maximum absolute atomic E-state index is 12.5. The highest BCUT2D eigenvalue weighted by Crippen LogP contribution is 2.39. The molecule has 0 aromatic heterocycles. The number of likely N-dealkylation sites (tertiary alicyclic amines) is 1. The van der Waals surface area contributed by atoms with E-state index < -0.39 is 0 Å². The van der Waals surface area contributed by atoms with Gasteiger partial charge in [-0.25, -0.2) is 4.79 Å². The normalized spacial score (nSPS) is 39.6. The molecule has 4 unspecified atom stereocenters. The van der Waals surface area contributed by atoms with Crippen LogP contribution in [-0.4, -0.2) is 41.3 Å². The molecule has 4 nitrogen and oxygen atoms in total. The molecule has 2 saturated heterocycles. The second kappa shape index (κ2) is 6.77. The molecule has 1 amide bonds. The van der Waals surface area contributed by atoms with Crippen molar-refractivity contribution in [1.29, 1.82) is 0 Å². The number of nitrogens with zero attached hydrogens (tertiary/aromatic N) is 1. The number of nitrogens with one attached hydrogen (secondary N) is 1. The smallest absolute Gasteiger partial charge is 0.410 e. The summed E-state index contributed by atoms with van der Waals surface area (Å²) in [6.07, 6.45) is 6.34.